The van der Waals surface area contributed by atoms with Crippen molar-refractivity contribution in [3.05, 3.63) is 0 Å². The van der Waals surface area contributed by atoms with Crippen molar-refractivity contribution in [3.8, 4) is 0 Å². The zero-order chi connectivity index (χ0) is 13.0. The van der Waals surface area contributed by atoms with E-state index >= 15 is 0 Å². The molecule has 1 saturated carbocycles. The Bertz CT molecular complexity index is 249. The van der Waals surface area contributed by atoms with Crippen molar-refractivity contribution in [2.45, 2.75) is 71.1 Å². The highest BCUT2D eigenvalue weighted by atomic mass is 16.5. The second kappa shape index (κ2) is 6.36. The zero-order valence-corrected chi connectivity index (χ0v) is 12.2. The Morgan fingerprint density at radius 3 is 2.78 bits per heavy atom. The molecular weight excluding hydrogens is 226 g/mol. The van der Waals surface area contributed by atoms with Crippen LogP contribution < -0.4 is 5.32 Å². The van der Waals surface area contributed by atoms with Gasteiger partial charge in [0.05, 0.1) is 12.2 Å². The molecule has 3 atom stereocenters. The fourth-order valence-corrected chi connectivity index (χ4v) is 3.17. The third-order valence-electron chi connectivity index (χ3n) is 4.68. The van der Waals surface area contributed by atoms with Gasteiger partial charge in [-0.25, -0.2) is 0 Å². The van der Waals surface area contributed by atoms with Crippen LogP contribution in [0, 0.1) is 5.41 Å². The molecule has 0 aromatic rings. The van der Waals surface area contributed by atoms with Crippen LogP contribution >= 0.6 is 0 Å². The lowest BCUT2D eigenvalue weighted by molar-refractivity contribution is -0.114. The van der Waals surface area contributed by atoms with Gasteiger partial charge in [0.1, 0.15) is 0 Å². The van der Waals surface area contributed by atoms with Crippen molar-refractivity contribution in [3.63, 3.8) is 0 Å². The predicted octanol–water partition coefficient (Wildman–Crippen LogP) is 2.74. The molecule has 1 N–H and O–H groups in total. The van der Waals surface area contributed by atoms with E-state index in [-0.39, 0.29) is 5.41 Å². The highest BCUT2D eigenvalue weighted by Gasteiger charge is 2.48. The first-order valence-corrected chi connectivity index (χ1v) is 7.61. The Morgan fingerprint density at radius 2 is 2.17 bits per heavy atom. The second-order valence-corrected chi connectivity index (χ2v) is 6.29. The third-order valence-corrected chi connectivity index (χ3v) is 4.68. The van der Waals surface area contributed by atoms with E-state index < -0.39 is 0 Å². The fourth-order valence-electron chi connectivity index (χ4n) is 3.17. The van der Waals surface area contributed by atoms with Gasteiger partial charge in [0.15, 0.2) is 0 Å². The van der Waals surface area contributed by atoms with Gasteiger partial charge in [-0.05, 0) is 45.6 Å². The number of rotatable bonds is 6. The highest BCUT2D eigenvalue weighted by molar-refractivity contribution is 5.02. The van der Waals surface area contributed by atoms with E-state index in [1.165, 1.54) is 19.3 Å². The summed E-state index contributed by atoms with van der Waals surface area (Å²) in [5.41, 5.74) is 0.281. The molecule has 2 fully saturated rings. The van der Waals surface area contributed by atoms with Crippen LogP contribution in [0.15, 0.2) is 0 Å². The van der Waals surface area contributed by atoms with Crippen LogP contribution in [0.25, 0.3) is 0 Å². The van der Waals surface area contributed by atoms with E-state index in [1.807, 2.05) is 0 Å². The molecule has 106 valence electrons. The molecule has 1 aliphatic carbocycles. The van der Waals surface area contributed by atoms with E-state index in [2.05, 4.69) is 26.1 Å². The Kier molecular flexibility index (Phi) is 5.05. The van der Waals surface area contributed by atoms with E-state index in [4.69, 9.17) is 9.47 Å². The number of hydrogen-bond acceptors (Lipinski definition) is 3. The summed E-state index contributed by atoms with van der Waals surface area (Å²) in [6.07, 6.45) is 7.08. The van der Waals surface area contributed by atoms with Crippen molar-refractivity contribution in [2.24, 2.45) is 5.41 Å². The molecule has 0 amide bonds. The molecule has 3 unspecified atom stereocenters. The molecule has 1 saturated heterocycles. The first kappa shape index (κ1) is 14.3. The lowest BCUT2D eigenvalue weighted by atomic mass is 9.64. The fraction of sp³-hybridized carbons (Fsp3) is 1.00. The Labute approximate surface area is 112 Å². The summed E-state index contributed by atoms with van der Waals surface area (Å²) in [6.45, 7) is 9.58. The van der Waals surface area contributed by atoms with Gasteiger partial charge in [-0.15, -0.1) is 0 Å². The minimum Gasteiger partial charge on any atom is -0.378 e. The summed E-state index contributed by atoms with van der Waals surface area (Å²) in [5.74, 6) is 0. The molecule has 0 spiro atoms. The van der Waals surface area contributed by atoms with Crippen LogP contribution in [-0.2, 0) is 9.47 Å². The standard InChI is InChI=1S/C15H29NO2/c1-4-17-14-11-13(15(14,2)3)16-9-8-12-7-5-6-10-18-12/h12-14,16H,4-11H2,1-3H3. The smallest absolute Gasteiger partial charge is 0.0655 e. The van der Waals surface area contributed by atoms with Crippen molar-refractivity contribution in [1.29, 1.82) is 0 Å². The number of nitrogens with one attached hydrogen (secondary N) is 1. The number of hydrogen-bond donors (Lipinski definition) is 1. The molecular formula is C15H29NO2. The molecule has 3 nitrogen and oxygen atoms in total. The van der Waals surface area contributed by atoms with Crippen molar-refractivity contribution in [1.82, 2.24) is 5.32 Å². The summed E-state index contributed by atoms with van der Waals surface area (Å²) in [5, 5.41) is 3.69. The molecule has 0 radical (unpaired) electrons. The largest absolute Gasteiger partial charge is 0.378 e. The van der Waals surface area contributed by atoms with Crippen LogP contribution in [-0.4, -0.2) is 38.0 Å². The Hall–Kier alpha value is -0.120. The molecule has 2 aliphatic rings. The number of ether oxygens (including phenoxy) is 2. The maximum Gasteiger partial charge on any atom is 0.0655 e. The summed E-state index contributed by atoms with van der Waals surface area (Å²) in [7, 11) is 0. The van der Waals surface area contributed by atoms with Gasteiger partial charge in [-0.3, -0.25) is 0 Å². The third kappa shape index (κ3) is 3.25. The Morgan fingerprint density at radius 1 is 1.33 bits per heavy atom. The average Bonchev–Trinajstić information content (AvgIpc) is 2.38. The molecule has 2 rings (SSSR count). The minimum atomic E-state index is 0.281. The van der Waals surface area contributed by atoms with Crippen LogP contribution in [0.1, 0.15) is 52.9 Å². The normalized spacial score (nSPS) is 35.2. The van der Waals surface area contributed by atoms with Gasteiger partial charge in [-0.2, -0.15) is 0 Å². The van der Waals surface area contributed by atoms with E-state index in [9.17, 15) is 0 Å². The van der Waals surface area contributed by atoms with Crippen LogP contribution in [0.2, 0.25) is 0 Å². The van der Waals surface area contributed by atoms with Gasteiger partial charge in [0, 0.05) is 24.7 Å². The first-order valence-electron chi connectivity index (χ1n) is 7.61. The monoisotopic (exact) mass is 255 g/mol. The average molecular weight is 255 g/mol. The van der Waals surface area contributed by atoms with Gasteiger partial charge in [0.25, 0.3) is 0 Å². The lowest BCUT2D eigenvalue weighted by Gasteiger charge is -2.52. The summed E-state index contributed by atoms with van der Waals surface area (Å²) in [6, 6.07) is 0.609. The first-order chi connectivity index (χ1) is 8.64. The van der Waals surface area contributed by atoms with Crippen molar-refractivity contribution >= 4 is 0 Å². The van der Waals surface area contributed by atoms with Gasteiger partial charge < -0.3 is 14.8 Å². The van der Waals surface area contributed by atoms with E-state index in [1.54, 1.807) is 0 Å². The highest BCUT2D eigenvalue weighted by Crippen LogP contribution is 2.42. The molecule has 0 aromatic heterocycles. The summed E-state index contributed by atoms with van der Waals surface area (Å²) in [4.78, 5) is 0. The predicted molar refractivity (Wildman–Crippen MR) is 73.8 cm³/mol. The quantitative estimate of drug-likeness (QED) is 0.791. The van der Waals surface area contributed by atoms with Crippen molar-refractivity contribution in [2.75, 3.05) is 19.8 Å². The SMILES string of the molecule is CCOC1CC(NCCC2CCCCO2)C1(C)C. The molecule has 18 heavy (non-hydrogen) atoms. The maximum absolute atomic E-state index is 5.76. The van der Waals surface area contributed by atoms with Gasteiger partial charge >= 0.3 is 0 Å². The molecule has 0 aromatic carbocycles. The molecule has 0 bridgehead atoms. The molecule has 3 heteroatoms. The zero-order valence-electron chi connectivity index (χ0n) is 12.2. The van der Waals surface area contributed by atoms with E-state index in [0.717, 1.165) is 32.6 Å². The summed E-state index contributed by atoms with van der Waals surface area (Å²) < 4.78 is 11.5. The van der Waals surface area contributed by atoms with Crippen molar-refractivity contribution < 1.29 is 9.47 Å². The molecule has 1 aliphatic heterocycles. The van der Waals surface area contributed by atoms with Gasteiger partial charge in [0.2, 0.25) is 0 Å². The minimum absolute atomic E-state index is 0.281. The maximum atomic E-state index is 5.76. The Balaban J connectivity index is 1.62. The van der Waals surface area contributed by atoms with Gasteiger partial charge in [-0.1, -0.05) is 13.8 Å². The second-order valence-electron chi connectivity index (χ2n) is 6.29. The molecule has 1 heterocycles. The van der Waals surface area contributed by atoms with Crippen LogP contribution in [0.3, 0.4) is 0 Å². The topological polar surface area (TPSA) is 30.5 Å². The lowest BCUT2D eigenvalue weighted by Crippen LogP contribution is -2.61. The van der Waals surface area contributed by atoms with Crippen LogP contribution in [0.5, 0.6) is 0 Å². The summed E-state index contributed by atoms with van der Waals surface area (Å²) >= 11 is 0. The van der Waals surface area contributed by atoms with E-state index in [0.29, 0.717) is 18.2 Å². The van der Waals surface area contributed by atoms with Crippen LogP contribution in [0.4, 0.5) is 0 Å².